The van der Waals surface area contributed by atoms with E-state index in [1.165, 1.54) is 20.8 Å². The molecule has 6 nitrogen and oxygen atoms in total. The van der Waals surface area contributed by atoms with Crippen LogP contribution in [0.15, 0.2) is 24.3 Å². The van der Waals surface area contributed by atoms with Crippen molar-refractivity contribution in [3.8, 4) is 0 Å². The van der Waals surface area contributed by atoms with Gasteiger partial charge in [0, 0.05) is 17.6 Å². The molecule has 2 saturated carbocycles. The van der Waals surface area contributed by atoms with E-state index in [1.807, 2.05) is 0 Å². The number of halogens is 9. The van der Waals surface area contributed by atoms with E-state index in [9.17, 15) is 49.1 Å². The third kappa shape index (κ3) is 8.83. The molecule has 0 bridgehead atoms. The van der Waals surface area contributed by atoms with Gasteiger partial charge in [0.2, 0.25) is 0 Å². The second kappa shape index (κ2) is 14.1. The van der Waals surface area contributed by atoms with Gasteiger partial charge in [-0.3, -0.25) is 9.69 Å². The fraction of sp³-hybridized carbons (Fsp3) is 0.733. The lowest BCUT2D eigenvalue weighted by Crippen LogP contribution is -2.61. The van der Waals surface area contributed by atoms with E-state index < -0.39 is 60.0 Å². The molecule has 2 aliphatic carbocycles. The Balaban J connectivity index is 1.89. The number of rotatable bonds is 10. The number of nitrogens with zero attached hydrogens (tertiary/aromatic N) is 1. The minimum atomic E-state index is -7.06. The highest BCUT2D eigenvalue weighted by Crippen LogP contribution is 2.55. The first-order valence-corrected chi connectivity index (χ1v) is 15.0. The van der Waals surface area contributed by atoms with Crippen LogP contribution < -0.4 is 5.32 Å². The summed E-state index contributed by atoms with van der Waals surface area (Å²) in [6, 6.07) is 3.14. The summed E-state index contributed by atoms with van der Waals surface area (Å²) in [7, 11) is 0. The fourth-order valence-corrected chi connectivity index (χ4v) is 5.41. The molecule has 2 fully saturated rings. The Morgan fingerprint density at radius 3 is 1.80 bits per heavy atom. The molecule has 0 saturated heterocycles. The van der Waals surface area contributed by atoms with Crippen molar-refractivity contribution in [1.29, 1.82) is 0 Å². The van der Waals surface area contributed by atoms with Crippen LogP contribution >= 0.6 is 0 Å². The Labute approximate surface area is 255 Å². The van der Waals surface area contributed by atoms with Crippen molar-refractivity contribution in [3.63, 3.8) is 0 Å². The Hall–Kier alpha value is -2.55. The average molecular weight is 663 g/mol. The topological polar surface area (TPSA) is 67.9 Å². The van der Waals surface area contributed by atoms with Crippen LogP contribution in [0, 0.1) is 0 Å². The predicted octanol–water partition coefficient (Wildman–Crippen LogP) is 9.15. The SMILES string of the molecule is CC(C)(C)OOC(CC(F)(F)C(F)(F)C(F)(F)C(F)(F)F)c1ccc(C(=O)N(C(=O)NC2CCCCC2)C2CCCCC2)cc1. The van der Waals surface area contributed by atoms with Crippen LogP contribution in [0.5, 0.6) is 0 Å². The van der Waals surface area contributed by atoms with Crippen molar-refractivity contribution in [2.24, 2.45) is 0 Å². The van der Waals surface area contributed by atoms with Crippen LogP contribution in [-0.2, 0) is 9.78 Å². The van der Waals surface area contributed by atoms with Crippen LogP contribution in [0.3, 0.4) is 0 Å². The number of carbonyl (C=O) groups is 2. The lowest BCUT2D eigenvalue weighted by Gasteiger charge is -2.35. The highest BCUT2D eigenvalue weighted by Gasteiger charge is 2.81. The number of carbonyl (C=O) groups excluding carboxylic acids is 2. The highest BCUT2D eigenvalue weighted by atomic mass is 19.4. The third-order valence-corrected chi connectivity index (χ3v) is 7.91. The Morgan fingerprint density at radius 1 is 0.800 bits per heavy atom. The zero-order valence-corrected chi connectivity index (χ0v) is 25.3. The first-order chi connectivity index (χ1) is 20.7. The van der Waals surface area contributed by atoms with Gasteiger partial charge in [0.1, 0.15) is 6.10 Å². The molecular weight excluding hydrogens is 623 g/mol. The molecule has 3 rings (SSSR count). The first kappa shape index (κ1) is 36.9. The lowest BCUT2D eigenvalue weighted by molar-refractivity contribution is -0.413. The molecule has 0 radical (unpaired) electrons. The van der Waals surface area contributed by atoms with Gasteiger partial charge in [-0.1, -0.05) is 50.7 Å². The second-order valence-corrected chi connectivity index (χ2v) is 12.7. The largest absolute Gasteiger partial charge is 0.460 e. The predicted molar refractivity (Wildman–Crippen MR) is 145 cm³/mol. The maximum absolute atomic E-state index is 14.6. The number of alkyl halides is 9. The van der Waals surface area contributed by atoms with Gasteiger partial charge in [0.15, 0.2) is 0 Å². The van der Waals surface area contributed by atoms with E-state index in [0.29, 0.717) is 12.8 Å². The summed E-state index contributed by atoms with van der Waals surface area (Å²) in [5, 5.41) is 2.92. The van der Waals surface area contributed by atoms with Crippen molar-refractivity contribution in [2.45, 2.75) is 139 Å². The lowest BCUT2D eigenvalue weighted by atomic mass is 9.93. The molecule has 0 aliphatic heterocycles. The van der Waals surface area contributed by atoms with E-state index in [0.717, 1.165) is 80.5 Å². The normalized spacial score (nSPS) is 18.8. The summed E-state index contributed by atoms with van der Waals surface area (Å²) >= 11 is 0. The molecule has 0 heterocycles. The molecule has 3 amide bonds. The number of benzene rings is 1. The third-order valence-electron chi connectivity index (χ3n) is 7.91. The molecule has 0 spiro atoms. The van der Waals surface area contributed by atoms with Gasteiger partial charge in [-0.25, -0.2) is 14.6 Å². The van der Waals surface area contributed by atoms with Crippen molar-refractivity contribution < 1.29 is 58.9 Å². The van der Waals surface area contributed by atoms with Gasteiger partial charge in [0.05, 0.1) is 12.0 Å². The molecule has 15 heteroatoms. The monoisotopic (exact) mass is 662 g/mol. The number of hydrogen-bond donors (Lipinski definition) is 1. The standard InChI is InChI=1S/C30H39F9N2O4/c1-26(2,3)45-44-23(18-27(31,32)28(33,34)29(35,36)30(37,38)39)19-14-16-20(17-15-19)24(42)41(22-12-8-5-9-13-22)25(43)40-21-10-6-4-7-11-21/h14-17,21-23H,4-13,18H2,1-3H3,(H,40,43). The maximum atomic E-state index is 14.6. The van der Waals surface area contributed by atoms with Gasteiger partial charge in [0.25, 0.3) is 5.91 Å². The van der Waals surface area contributed by atoms with Crippen molar-refractivity contribution in [1.82, 2.24) is 10.2 Å². The van der Waals surface area contributed by atoms with Crippen molar-refractivity contribution in [3.05, 3.63) is 35.4 Å². The Bertz CT molecular complexity index is 1140. The number of imide groups is 1. The van der Waals surface area contributed by atoms with Crippen LogP contribution in [-0.4, -0.2) is 58.5 Å². The molecule has 1 atom stereocenters. The van der Waals surface area contributed by atoms with Crippen LogP contribution in [0.2, 0.25) is 0 Å². The van der Waals surface area contributed by atoms with Gasteiger partial charge in [-0.2, -0.15) is 39.5 Å². The van der Waals surface area contributed by atoms with E-state index in [4.69, 9.17) is 9.78 Å². The average Bonchev–Trinajstić information content (AvgIpc) is 2.95. The number of urea groups is 1. The van der Waals surface area contributed by atoms with Gasteiger partial charge in [-0.15, -0.1) is 0 Å². The van der Waals surface area contributed by atoms with Crippen LogP contribution in [0.4, 0.5) is 44.3 Å². The van der Waals surface area contributed by atoms with Gasteiger partial charge in [-0.05, 0) is 64.2 Å². The van der Waals surface area contributed by atoms with Gasteiger partial charge >= 0.3 is 30.0 Å². The molecule has 0 aromatic heterocycles. The summed E-state index contributed by atoms with van der Waals surface area (Å²) in [6.07, 6.45) is -3.42. The van der Waals surface area contributed by atoms with E-state index in [2.05, 4.69) is 5.32 Å². The molecule has 256 valence electrons. The molecule has 1 unspecified atom stereocenters. The molecule has 45 heavy (non-hydrogen) atoms. The van der Waals surface area contributed by atoms with Crippen molar-refractivity contribution >= 4 is 11.9 Å². The minimum Gasteiger partial charge on any atom is -0.335 e. The van der Waals surface area contributed by atoms with Crippen LogP contribution in [0.25, 0.3) is 0 Å². The van der Waals surface area contributed by atoms with E-state index in [-0.39, 0.29) is 17.2 Å². The molecule has 1 N–H and O–H groups in total. The maximum Gasteiger partial charge on any atom is 0.460 e. The summed E-state index contributed by atoms with van der Waals surface area (Å²) in [6.45, 7) is 4.15. The van der Waals surface area contributed by atoms with Crippen LogP contribution in [0.1, 0.15) is 113 Å². The summed E-state index contributed by atoms with van der Waals surface area (Å²) in [5.41, 5.74) is -1.68. The zero-order valence-electron chi connectivity index (χ0n) is 25.3. The highest BCUT2D eigenvalue weighted by molar-refractivity contribution is 6.04. The summed E-state index contributed by atoms with van der Waals surface area (Å²) in [4.78, 5) is 37.9. The number of nitrogens with one attached hydrogen (secondary N) is 1. The smallest absolute Gasteiger partial charge is 0.335 e. The van der Waals surface area contributed by atoms with E-state index >= 15 is 0 Å². The fourth-order valence-electron chi connectivity index (χ4n) is 5.41. The second-order valence-electron chi connectivity index (χ2n) is 12.7. The summed E-state index contributed by atoms with van der Waals surface area (Å²) in [5.74, 6) is -20.5. The molecular formula is C30H39F9N2O4. The molecule has 1 aromatic carbocycles. The zero-order chi connectivity index (χ0) is 33.8. The van der Waals surface area contributed by atoms with Gasteiger partial charge < -0.3 is 5.32 Å². The van der Waals surface area contributed by atoms with Crippen molar-refractivity contribution in [2.75, 3.05) is 0 Å². The molecule has 1 aromatic rings. The quantitative estimate of drug-likeness (QED) is 0.154. The van der Waals surface area contributed by atoms with E-state index in [1.54, 1.807) is 0 Å². The summed E-state index contributed by atoms with van der Waals surface area (Å²) < 4.78 is 122. The Kier molecular flexibility index (Phi) is 11.5. The number of amides is 3. The Morgan fingerprint density at radius 2 is 1.31 bits per heavy atom. The number of hydrogen-bond acceptors (Lipinski definition) is 4. The minimum absolute atomic E-state index is 0.0701. The first-order valence-electron chi connectivity index (χ1n) is 15.0. The molecule has 2 aliphatic rings.